The second-order valence-electron chi connectivity index (χ2n) is 5.55. The van der Waals surface area contributed by atoms with Gasteiger partial charge in [-0.25, -0.2) is 0 Å². The number of methoxy groups -OCH3 is 1. The van der Waals surface area contributed by atoms with Gasteiger partial charge in [-0.1, -0.05) is 6.92 Å². The molecule has 1 unspecified atom stereocenters. The SMILES string of the molecule is CCC(C)(C)N(C)C(C)C(=O)c1ccc(OC)cc1. The zero-order chi connectivity index (χ0) is 14.6. The number of ketones is 1. The molecule has 0 saturated carbocycles. The molecule has 0 aliphatic carbocycles. The fourth-order valence-corrected chi connectivity index (χ4v) is 1.95. The largest absolute Gasteiger partial charge is 0.497 e. The highest BCUT2D eigenvalue weighted by Gasteiger charge is 2.29. The minimum atomic E-state index is -0.136. The number of hydrogen-bond donors (Lipinski definition) is 0. The van der Waals surface area contributed by atoms with Crippen LogP contribution in [-0.2, 0) is 0 Å². The molecule has 0 bridgehead atoms. The number of nitrogens with zero attached hydrogens (tertiary/aromatic N) is 1. The van der Waals surface area contributed by atoms with Crippen LogP contribution in [0, 0.1) is 0 Å². The Kier molecular flexibility index (Phi) is 5.12. The summed E-state index contributed by atoms with van der Waals surface area (Å²) in [6, 6.07) is 7.16. The second kappa shape index (κ2) is 6.20. The fraction of sp³-hybridized carbons (Fsp3) is 0.562. The van der Waals surface area contributed by atoms with Gasteiger partial charge in [0.05, 0.1) is 13.2 Å². The van der Waals surface area contributed by atoms with Crippen LogP contribution in [0.2, 0.25) is 0 Å². The molecule has 106 valence electrons. The summed E-state index contributed by atoms with van der Waals surface area (Å²) >= 11 is 0. The van der Waals surface area contributed by atoms with E-state index in [4.69, 9.17) is 4.74 Å². The number of carbonyl (C=O) groups is 1. The number of rotatable bonds is 6. The first-order chi connectivity index (χ1) is 8.83. The van der Waals surface area contributed by atoms with E-state index in [1.807, 2.05) is 38.2 Å². The van der Waals surface area contributed by atoms with E-state index in [1.54, 1.807) is 7.11 Å². The topological polar surface area (TPSA) is 29.5 Å². The maximum atomic E-state index is 12.5. The first-order valence-corrected chi connectivity index (χ1v) is 6.74. The van der Waals surface area contributed by atoms with Crippen molar-refractivity contribution in [3.8, 4) is 5.75 Å². The average molecular weight is 263 g/mol. The molecule has 0 heterocycles. The number of Topliss-reactive ketones (excluding diaryl/α,β-unsaturated/α-hetero) is 1. The summed E-state index contributed by atoms with van der Waals surface area (Å²) < 4.78 is 5.11. The number of carbonyl (C=O) groups excluding carboxylic acids is 1. The average Bonchev–Trinajstić information content (AvgIpc) is 2.44. The van der Waals surface area contributed by atoms with Crippen molar-refractivity contribution in [3.05, 3.63) is 29.8 Å². The Balaban J connectivity index is 2.87. The molecule has 0 N–H and O–H groups in total. The van der Waals surface area contributed by atoms with Crippen molar-refractivity contribution in [2.45, 2.75) is 45.7 Å². The quantitative estimate of drug-likeness (QED) is 0.737. The van der Waals surface area contributed by atoms with E-state index in [9.17, 15) is 4.79 Å². The molecular weight excluding hydrogens is 238 g/mol. The van der Waals surface area contributed by atoms with Crippen molar-refractivity contribution in [2.75, 3.05) is 14.2 Å². The Labute approximate surface area is 116 Å². The van der Waals surface area contributed by atoms with Crippen molar-refractivity contribution < 1.29 is 9.53 Å². The highest BCUT2D eigenvalue weighted by atomic mass is 16.5. The van der Waals surface area contributed by atoms with Crippen LogP contribution in [0.3, 0.4) is 0 Å². The zero-order valence-corrected chi connectivity index (χ0v) is 12.9. The number of hydrogen-bond acceptors (Lipinski definition) is 3. The molecule has 0 aromatic heterocycles. The van der Waals surface area contributed by atoms with Crippen LogP contribution in [0.15, 0.2) is 24.3 Å². The minimum Gasteiger partial charge on any atom is -0.497 e. The van der Waals surface area contributed by atoms with Gasteiger partial charge in [0.25, 0.3) is 0 Å². The van der Waals surface area contributed by atoms with E-state index in [-0.39, 0.29) is 17.4 Å². The minimum absolute atomic E-state index is 0.0154. The molecule has 0 amide bonds. The third-order valence-electron chi connectivity index (χ3n) is 4.15. The molecule has 1 aromatic rings. The zero-order valence-electron chi connectivity index (χ0n) is 12.9. The normalized spacial score (nSPS) is 13.4. The van der Waals surface area contributed by atoms with Gasteiger partial charge in [0.15, 0.2) is 5.78 Å². The maximum absolute atomic E-state index is 12.5. The lowest BCUT2D eigenvalue weighted by atomic mass is 9.95. The molecule has 3 heteroatoms. The van der Waals surface area contributed by atoms with Crippen molar-refractivity contribution in [2.24, 2.45) is 0 Å². The summed E-state index contributed by atoms with van der Waals surface area (Å²) in [4.78, 5) is 14.6. The molecule has 0 aliphatic heterocycles. The molecule has 0 saturated heterocycles. The van der Waals surface area contributed by atoms with Crippen LogP contribution >= 0.6 is 0 Å². The van der Waals surface area contributed by atoms with Crippen LogP contribution in [0.5, 0.6) is 5.75 Å². The summed E-state index contributed by atoms with van der Waals surface area (Å²) in [5.74, 6) is 0.915. The van der Waals surface area contributed by atoms with Crippen molar-refractivity contribution in [3.63, 3.8) is 0 Å². The summed E-state index contributed by atoms with van der Waals surface area (Å²) in [6.07, 6.45) is 1.00. The van der Waals surface area contributed by atoms with Gasteiger partial charge in [0.2, 0.25) is 0 Å². The van der Waals surface area contributed by atoms with Gasteiger partial charge < -0.3 is 4.74 Å². The highest BCUT2D eigenvalue weighted by molar-refractivity contribution is 5.99. The Hall–Kier alpha value is -1.35. The Bertz CT molecular complexity index is 423. The van der Waals surface area contributed by atoms with E-state index in [2.05, 4.69) is 25.7 Å². The Morgan fingerprint density at radius 3 is 2.26 bits per heavy atom. The molecule has 0 fully saturated rings. The summed E-state index contributed by atoms with van der Waals surface area (Å²) in [6.45, 7) is 8.42. The van der Waals surface area contributed by atoms with Gasteiger partial charge in [-0.05, 0) is 58.5 Å². The summed E-state index contributed by atoms with van der Waals surface area (Å²) in [5, 5.41) is 0. The van der Waals surface area contributed by atoms with Crippen LogP contribution in [-0.4, -0.2) is 36.4 Å². The predicted octanol–water partition coefficient (Wildman–Crippen LogP) is 3.39. The van der Waals surface area contributed by atoms with Crippen molar-refractivity contribution in [1.29, 1.82) is 0 Å². The highest BCUT2D eigenvalue weighted by Crippen LogP contribution is 2.22. The van der Waals surface area contributed by atoms with E-state index < -0.39 is 0 Å². The Morgan fingerprint density at radius 2 is 1.84 bits per heavy atom. The third kappa shape index (κ3) is 3.57. The predicted molar refractivity (Wildman–Crippen MR) is 78.9 cm³/mol. The maximum Gasteiger partial charge on any atom is 0.179 e. The second-order valence-corrected chi connectivity index (χ2v) is 5.55. The number of likely N-dealkylation sites (N-methyl/N-ethyl adjacent to an activating group) is 1. The lowest BCUT2D eigenvalue weighted by Gasteiger charge is -2.38. The molecule has 1 atom stereocenters. The third-order valence-corrected chi connectivity index (χ3v) is 4.15. The molecule has 19 heavy (non-hydrogen) atoms. The lowest BCUT2D eigenvalue weighted by Crippen LogP contribution is -2.49. The van der Waals surface area contributed by atoms with E-state index >= 15 is 0 Å². The van der Waals surface area contributed by atoms with Crippen LogP contribution in [0.4, 0.5) is 0 Å². The van der Waals surface area contributed by atoms with Gasteiger partial charge in [-0.15, -0.1) is 0 Å². The van der Waals surface area contributed by atoms with Gasteiger partial charge in [0.1, 0.15) is 5.75 Å². The van der Waals surface area contributed by atoms with Crippen LogP contribution < -0.4 is 4.74 Å². The van der Waals surface area contributed by atoms with Gasteiger partial charge >= 0.3 is 0 Å². The Morgan fingerprint density at radius 1 is 1.32 bits per heavy atom. The van der Waals surface area contributed by atoms with Crippen LogP contribution in [0.1, 0.15) is 44.5 Å². The number of ether oxygens (including phenoxy) is 1. The monoisotopic (exact) mass is 263 g/mol. The number of benzene rings is 1. The molecule has 0 radical (unpaired) electrons. The van der Waals surface area contributed by atoms with Gasteiger partial charge in [-0.2, -0.15) is 0 Å². The van der Waals surface area contributed by atoms with E-state index in [0.717, 1.165) is 17.7 Å². The molecule has 3 nitrogen and oxygen atoms in total. The summed E-state index contributed by atoms with van der Waals surface area (Å²) in [5.41, 5.74) is 0.744. The van der Waals surface area contributed by atoms with E-state index in [0.29, 0.717) is 0 Å². The molecule has 0 aliphatic rings. The summed E-state index contributed by atoms with van der Waals surface area (Å²) in [7, 11) is 3.63. The van der Waals surface area contributed by atoms with Gasteiger partial charge in [-0.3, -0.25) is 9.69 Å². The first kappa shape index (κ1) is 15.7. The van der Waals surface area contributed by atoms with E-state index in [1.165, 1.54) is 0 Å². The molecule has 1 aromatic carbocycles. The van der Waals surface area contributed by atoms with Crippen molar-refractivity contribution >= 4 is 5.78 Å². The first-order valence-electron chi connectivity index (χ1n) is 6.74. The molecule has 0 spiro atoms. The molecule has 1 rings (SSSR count). The molecular formula is C16H25NO2. The van der Waals surface area contributed by atoms with Crippen molar-refractivity contribution in [1.82, 2.24) is 4.90 Å². The lowest BCUT2D eigenvalue weighted by molar-refractivity contribution is 0.0677. The van der Waals surface area contributed by atoms with Crippen LogP contribution in [0.25, 0.3) is 0 Å². The smallest absolute Gasteiger partial charge is 0.179 e. The standard InChI is InChI=1S/C16H25NO2/c1-7-16(3,4)17(5)12(2)15(18)13-8-10-14(19-6)11-9-13/h8-12H,7H2,1-6H3. The van der Waals surface area contributed by atoms with Gasteiger partial charge in [0, 0.05) is 11.1 Å². The fourth-order valence-electron chi connectivity index (χ4n) is 1.95.